The predicted molar refractivity (Wildman–Crippen MR) is 56.0 cm³/mol. The first-order valence-corrected chi connectivity index (χ1v) is 4.94. The van der Waals surface area contributed by atoms with E-state index in [4.69, 9.17) is 4.74 Å². The Bertz CT molecular complexity index is 438. The van der Waals surface area contributed by atoms with Crippen molar-refractivity contribution in [3.8, 4) is 0 Å². The highest BCUT2D eigenvalue weighted by molar-refractivity contribution is 5.55. The van der Waals surface area contributed by atoms with Gasteiger partial charge in [0, 0.05) is 20.2 Å². The fourth-order valence-corrected chi connectivity index (χ4v) is 1.73. The largest absolute Gasteiger partial charge is 0.378 e. The van der Waals surface area contributed by atoms with Crippen molar-refractivity contribution in [3.05, 3.63) is 33.9 Å². The first-order chi connectivity index (χ1) is 8.02. The highest BCUT2D eigenvalue weighted by Gasteiger charge is 2.31. The Labute approximate surface area is 95.7 Å². The Balaban J connectivity index is 2.27. The highest BCUT2D eigenvalue weighted by Crippen LogP contribution is 2.31. The van der Waals surface area contributed by atoms with E-state index < -0.39 is 22.2 Å². The van der Waals surface area contributed by atoms with Gasteiger partial charge in [-0.05, 0) is 0 Å². The van der Waals surface area contributed by atoms with Gasteiger partial charge in [-0.25, -0.2) is 8.78 Å². The number of nitro groups is 1. The summed E-state index contributed by atoms with van der Waals surface area (Å²) in [6.07, 6.45) is -0.0519. The molecule has 17 heavy (non-hydrogen) atoms. The lowest BCUT2D eigenvalue weighted by atomic mass is 10.1. The van der Waals surface area contributed by atoms with Gasteiger partial charge in [-0.3, -0.25) is 10.1 Å². The summed E-state index contributed by atoms with van der Waals surface area (Å²) in [6.45, 7) is 0.754. The summed E-state index contributed by atoms with van der Waals surface area (Å²) >= 11 is 0. The van der Waals surface area contributed by atoms with E-state index in [1.807, 2.05) is 0 Å². The maximum atomic E-state index is 13.5. The van der Waals surface area contributed by atoms with Gasteiger partial charge in [0.25, 0.3) is 5.69 Å². The Morgan fingerprint density at radius 1 is 1.41 bits per heavy atom. The maximum Gasteiger partial charge on any atom is 0.275 e. The second-order valence-electron chi connectivity index (χ2n) is 3.78. The molecule has 1 aliphatic heterocycles. The summed E-state index contributed by atoms with van der Waals surface area (Å²) in [5.41, 5.74) is -0.823. The minimum Gasteiger partial charge on any atom is -0.378 e. The molecule has 0 amide bonds. The summed E-state index contributed by atoms with van der Waals surface area (Å²) in [5.74, 6) is -1.85. The van der Waals surface area contributed by atoms with Gasteiger partial charge in [0.05, 0.1) is 23.2 Å². The zero-order valence-electron chi connectivity index (χ0n) is 9.02. The number of nitrogens with zero attached hydrogens (tertiary/aromatic N) is 2. The molecule has 0 radical (unpaired) electrons. The van der Waals surface area contributed by atoms with Crippen molar-refractivity contribution >= 4 is 11.4 Å². The molecule has 0 unspecified atom stereocenters. The minimum atomic E-state index is -0.925. The maximum absolute atomic E-state index is 13.5. The zero-order chi connectivity index (χ0) is 12.6. The molecule has 92 valence electrons. The third-order valence-corrected chi connectivity index (χ3v) is 2.71. The molecule has 2 rings (SSSR count). The minimum absolute atomic E-state index is 0.0519. The van der Waals surface area contributed by atoms with Crippen LogP contribution in [0.1, 0.15) is 0 Å². The van der Waals surface area contributed by atoms with Crippen LogP contribution in [0.15, 0.2) is 12.1 Å². The molecule has 1 aromatic carbocycles. The molecule has 1 saturated heterocycles. The summed E-state index contributed by atoms with van der Waals surface area (Å²) in [7, 11) is 1.52. The van der Waals surface area contributed by atoms with Gasteiger partial charge >= 0.3 is 0 Å². The van der Waals surface area contributed by atoms with E-state index in [0.717, 1.165) is 12.1 Å². The lowest BCUT2D eigenvalue weighted by molar-refractivity contribution is -0.385. The van der Waals surface area contributed by atoms with E-state index in [9.17, 15) is 18.9 Å². The Morgan fingerprint density at radius 3 is 2.35 bits per heavy atom. The van der Waals surface area contributed by atoms with Crippen molar-refractivity contribution in [3.63, 3.8) is 0 Å². The lowest BCUT2D eigenvalue weighted by Gasteiger charge is -2.40. The molecule has 0 aliphatic carbocycles. The third kappa shape index (κ3) is 2.05. The number of benzene rings is 1. The van der Waals surface area contributed by atoms with Crippen LogP contribution in [0.3, 0.4) is 0 Å². The van der Waals surface area contributed by atoms with E-state index in [0.29, 0.717) is 13.1 Å². The van der Waals surface area contributed by atoms with Crippen molar-refractivity contribution < 1.29 is 18.4 Å². The van der Waals surface area contributed by atoms with E-state index in [1.165, 1.54) is 12.0 Å². The van der Waals surface area contributed by atoms with Crippen LogP contribution in [0.4, 0.5) is 20.2 Å². The molecular formula is C10H10F2N2O3. The fraction of sp³-hybridized carbons (Fsp3) is 0.400. The van der Waals surface area contributed by atoms with Crippen molar-refractivity contribution in [1.29, 1.82) is 0 Å². The van der Waals surface area contributed by atoms with E-state index in [2.05, 4.69) is 0 Å². The van der Waals surface area contributed by atoms with E-state index in [1.54, 1.807) is 0 Å². The Kier molecular flexibility index (Phi) is 2.93. The van der Waals surface area contributed by atoms with Gasteiger partial charge in [-0.2, -0.15) is 0 Å². The van der Waals surface area contributed by atoms with Crippen molar-refractivity contribution in [2.75, 3.05) is 25.1 Å². The molecule has 5 nitrogen and oxygen atoms in total. The van der Waals surface area contributed by atoms with Crippen LogP contribution in [0.2, 0.25) is 0 Å². The van der Waals surface area contributed by atoms with Crippen molar-refractivity contribution in [1.82, 2.24) is 0 Å². The second kappa shape index (κ2) is 4.25. The zero-order valence-corrected chi connectivity index (χ0v) is 9.02. The molecule has 1 aromatic rings. The molecule has 0 bridgehead atoms. The van der Waals surface area contributed by atoms with Crippen LogP contribution >= 0.6 is 0 Å². The molecule has 1 heterocycles. The first kappa shape index (κ1) is 11.7. The quantitative estimate of drug-likeness (QED) is 0.600. The third-order valence-electron chi connectivity index (χ3n) is 2.71. The van der Waals surface area contributed by atoms with E-state index >= 15 is 0 Å². The molecule has 0 aromatic heterocycles. The molecule has 0 saturated carbocycles. The summed E-state index contributed by atoms with van der Waals surface area (Å²) in [5, 5.41) is 10.4. The van der Waals surface area contributed by atoms with Gasteiger partial charge in [0.1, 0.15) is 5.69 Å². The number of hydrogen-bond acceptors (Lipinski definition) is 4. The SMILES string of the molecule is COC1CN(c2c(F)cc([N+](=O)[O-])cc2F)C1. The number of halogens is 2. The number of non-ortho nitro benzene ring substituents is 1. The fourth-order valence-electron chi connectivity index (χ4n) is 1.73. The Morgan fingerprint density at radius 2 is 1.94 bits per heavy atom. The number of nitro benzene ring substituents is 1. The van der Waals surface area contributed by atoms with E-state index in [-0.39, 0.29) is 11.8 Å². The predicted octanol–water partition coefficient (Wildman–Crippen LogP) is 1.71. The molecule has 0 N–H and O–H groups in total. The smallest absolute Gasteiger partial charge is 0.275 e. The number of methoxy groups -OCH3 is 1. The molecule has 1 fully saturated rings. The van der Waals surface area contributed by atoms with Crippen molar-refractivity contribution in [2.45, 2.75) is 6.10 Å². The highest BCUT2D eigenvalue weighted by atomic mass is 19.1. The van der Waals surface area contributed by atoms with Crippen LogP contribution < -0.4 is 4.90 Å². The molecular weight excluding hydrogens is 234 g/mol. The van der Waals surface area contributed by atoms with Crippen LogP contribution in [0, 0.1) is 21.7 Å². The summed E-state index contributed by atoms with van der Waals surface area (Å²) in [6, 6.07) is 1.44. The standard InChI is InChI=1S/C10H10F2N2O3/c1-17-7-4-13(5-7)10-8(11)2-6(14(15)16)3-9(10)12/h2-3,7H,4-5H2,1H3. The van der Waals surface area contributed by atoms with Crippen LogP contribution in [-0.2, 0) is 4.74 Å². The number of rotatable bonds is 3. The van der Waals surface area contributed by atoms with Gasteiger partial charge in [-0.15, -0.1) is 0 Å². The molecule has 0 spiro atoms. The van der Waals surface area contributed by atoms with Gasteiger partial charge in [0.15, 0.2) is 11.6 Å². The van der Waals surface area contributed by atoms with Crippen LogP contribution in [-0.4, -0.2) is 31.2 Å². The Hall–Kier alpha value is -1.76. The molecule has 7 heteroatoms. The number of hydrogen-bond donors (Lipinski definition) is 0. The monoisotopic (exact) mass is 244 g/mol. The number of ether oxygens (including phenoxy) is 1. The van der Waals surface area contributed by atoms with Gasteiger partial charge < -0.3 is 9.64 Å². The number of anilines is 1. The second-order valence-corrected chi connectivity index (χ2v) is 3.78. The average Bonchev–Trinajstić information content (AvgIpc) is 2.19. The molecule has 1 aliphatic rings. The molecule has 0 atom stereocenters. The summed E-state index contributed by atoms with van der Waals surface area (Å²) < 4.78 is 32.1. The first-order valence-electron chi connectivity index (χ1n) is 4.94. The summed E-state index contributed by atoms with van der Waals surface area (Å²) in [4.78, 5) is 11.0. The van der Waals surface area contributed by atoms with Crippen LogP contribution in [0.25, 0.3) is 0 Å². The van der Waals surface area contributed by atoms with Gasteiger partial charge in [-0.1, -0.05) is 0 Å². The normalized spacial score (nSPS) is 15.8. The van der Waals surface area contributed by atoms with Crippen molar-refractivity contribution in [2.24, 2.45) is 0 Å². The van der Waals surface area contributed by atoms with Crippen LogP contribution in [0.5, 0.6) is 0 Å². The van der Waals surface area contributed by atoms with Gasteiger partial charge in [0.2, 0.25) is 0 Å². The average molecular weight is 244 g/mol. The lowest BCUT2D eigenvalue weighted by Crippen LogP contribution is -2.52. The topological polar surface area (TPSA) is 55.6 Å².